The number of para-hydroxylation sites is 1. The number of halogens is 3. The summed E-state index contributed by atoms with van der Waals surface area (Å²) in [4.78, 5) is 12.5. The summed E-state index contributed by atoms with van der Waals surface area (Å²) >= 11 is -3.22. The first-order valence-corrected chi connectivity index (χ1v) is 12.2. The van der Waals surface area contributed by atoms with Crippen LogP contribution in [0.5, 0.6) is 5.75 Å². The SMILES string of the molecule is Nc1ccc(S(=O)(=O)Oc2cccc3cc(N(c4cccc(C(F)(F)F)c4)S(=O)[O-])c(=O)oc23)cc1. The van der Waals surface area contributed by atoms with Gasteiger partial charge in [0, 0.05) is 11.1 Å². The molecule has 0 aliphatic heterocycles. The van der Waals surface area contributed by atoms with Crippen molar-refractivity contribution in [1.82, 2.24) is 0 Å². The predicted octanol–water partition coefficient (Wildman–Crippen LogP) is 4.09. The van der Waals surface area contributed by atoms with Gasteiger partial charge >= 0.3 is 21.9 Å². The summed E-state index contributed by atoms with van der Waals surface area (Å²) in [7, 11) is -4.37. The second-order valence-corrected chi connectivity index (χ2v) is 9.61. The Labute approximate surface area is 204 Å². The number of hydrogen-bond donors (Lipinski definition) is 1. The number of hydrogen-bond acceptors (Lipinski definition) is 8. The fourth-order valence-corrected chi connectivity index (χ4v) is 4.74. The first-order valence-electron chi connectivity index (χ1n) is 9.80. The van der Waals surface area contributed by atoms with E-state index in [9.17, 15) is 35.1 Å². The quantitative estimate of drug-likeness (QED) is 0.167. The van der Waals surface area contributed by atoms with E-state index in [2.05, 4.69) is 0 Å². The van der Waals surface area contributed by atoms with Gasteiger partial charge < -0.3 is 18.9 Å². The normalized spacial score (nSPS) is 12.9. The third-order valence-electron chi connectivity index (χ3n) is 4.85. The van der Waals surface area contributed by atoms with Gasteiger partial charge in [-0.05, 0) is 54.6 Å². The monoisotopic (exact) mass is 539 g/mol. The van der Waals surface area contributed by atoms with E-state index in [4.69, 9.17) is 14.3 Å². The Kier molecular flexibility index (Phi) is 6.51. The fourth-order valence-electron chi connectivity index (χ4n) is 3.23. The van der Waals surface area contributed by atoms with Crippen molar-refractivity contribution in [3.63, 3.8) is 0 Å². The van der Waals surface area contributed by atoms with Gasteiger partial charge in [-0.2, -0.15) is 21.6 Å². The zero-order valence-electron chi connectivity index (χ0n) is 17.8. The van der Waals surface area contributed by atoms with Crippen LogP contribution in [-0.4, -0.2) is 17.2 Å². The molecule has 0 aliphatic carbocycles. The van der Waals surface area contributed by atoms with Crippen LogP contribution in [0.1, 0.15) is 5.56 Å². The molecule has 4 aromatic rings. The van der Waals surface area contributed by atoms with E-state index in [1.807, 2.05) is 0 Å². The van der Waals surface area contributed by atoms with E-state index in [1.165, 1.54) is 42.5 Å². The molecule has 36 heavy (non-hydrogen) atoms. The Morgan fingerprint density at radius 3 is 2.31 bits per heavy atom. The fraction of sp³-hybridized carbons (Fsp3) is 0.0455. The summed E-state index contributed by atoms with van der Waals surface area (Å²) in [5.74, 6) is -0.373. The van der Waals surface area contributed by atoms with Crippen molar-refractivity contribution in [2.24, 2.45) is 0 Å². The predicted molar refractivity (Wildman–Crippen MR) is 124 cm³/mol. The van der Waals surface area contributed by atoms with Crippen LogP contribution >= 0.6 is 0 Å². The molecule has 0 saturated carbocycles. The molecule has 1 heterocycles. The molecule has 0 spiro atoms. The van der Waals surface area contributed by atoms with Crippen LogP contribution in [0.25, 0.3) is 11.0 Å². The van der Waals surface area contributed by atoms with Crippen LogP contribution < -0.4 is 19.8 Å². The Bertz CT molecular complexity index is 1640. The number of nitrogens with two attached hydrogens (primary N) is 1. The first-order chi connectivity index (χ1) is 16.9. The lowest BCUT2D eigenvalue weighted by Crippen LogP contribution is -2.25. The lowest BCUT2D eigenvalue weighted by molar-refractivity contribution is -0.137. The summed E-state index contributed by atoms with van der Waals surface area (Å²) in [5, 5.41) is 0.0389. The number of benzene rings is 3. The summed E-state index contributed by atoms with van der Waals surface area (Å²) in [6.07, 6.45) is -4.76. The minimum Gasteiger partial charge on any atom is -0.755 e. The topological polar surface area (TPSA) is 143 Å². The van der Waals surface area contributed by atoms with Crippen molar-refractivity contribution in [3.8, 4) is 5.75 Å². The number of nitrogen functional groups attached to an aromatic ring is 1. The van der Waals surface area contributed by atoms with Crippen LogP contribution in [0.3, 0.4) is 0 Å². The molecular weight excluding hydrogens is 525 g/mol. The minimum atomic E-state index is -4.76. The van der Waals surface area contributed by atoms with Crippen LogP contribution in [-0.2, 0) is 27.6 Å². The highest BCUT2D eigenvalue weighted by molar-refractivity contribution is 7.87. The molecule has 188 valence electrons. The minimum absolute atomic E-state index is 0.0389. The van der Waals surface area contributed by atoms with Crippen LogP contribution in [0.2, 0.25) is 0 Å². The Hall–Kier alpha value is -3.88. The molecule has 1 unspecified atom stereocenters. The zero-order chi connectivity index (χ0) is 26.3. The molecule has 9 nitrogen and oxygen atoms in total. The largest absolute Gasteiger partial charge is 0.755 e. The van der Waals surface area contributed by atoms with E-state index in [-0.39, 0.29) is 21.6 Å². The zero-order valence-corrected chi connectivity index (χ0v) is 19.4. The third kappa shape index (κ3) is 5.05. The lowest BCUT2D eigenvalue weighted by atomic mass is 10.2. The maximum absolute atomic E-state index is 13.1. The van der Waals surface area contributed by atoms with Crippen molar-refractivity contribution in [2.75, 3.05) is 10.0 Å². The molecule has 1 atom stereocenters. The van der Waals surface area contributed by atoms with Gasteiger partial charge in [0.05, 0.1) is 22.5 Å². The highest BCUT2D eigenvalue weighted by atomic mass is 32.2. The van der Waals surface area contributed by atoms with Crippen LogP contribution in [0.15, 0.2) is 86.9 Å². The van der Waals surface area contributed by atoms with E-state index < -0.39 is 50.1 Å². The van der Waals surface area contributed by atoms with E-state index in [1.54, 1.807) is 0 Å². The Morgan fingerprint density at radius 2 is 1.67 bits per heavy atom. The van der Waals surface area contributed by atoms with Crippen LogP contribution in [0, 0.1) is 0 Å². The molecule has 3 aromatic carbocycles. The number of nitrogens with zero attached hydrogens (tertiary/aromatic N) is 1. The van der Waals surface area contributed by atoms with E-state index in [0.717, 1.165) is 24.3 Å². The van der Waals surface area contributed by atoms with Crippen molar-refractivity contribution in [1.29, 1.82) is 0 Å². The average Bonchev–Trinajstić information content (AvgIpc) is 2.80. The van der Waals surface area contributed by atoms with Crippen molar-refractivity contribution in [3.05, 3.63) is 88.8 Å². The van der Waals surface area contributed by atoms with Crippen molar-refractivity contribution >= 4 is 49.4 Å². The van der Waals surface area contributed by atoms with Gasteiger partial charge in [0.2, 0.25) is 0 Å². The van der Waals surface area contributed by atoms with Crippen LogP contribution in [0.4, 0.5) is 30.2 Å². The van der Waals surface area contributed by atoms with Crippen molar-refractivity contribution < 1.29 is 39.0 Å². The van der Waals surface area contributed by atoms with Gasteiger partial charge in [-0.15, -0.1) is 0 Å². The number of anilines is 3. The molecule has 0 saturated heterocycles. The van der Waals surface area contributed by atoms with Gasteiger partial charge in [-0.25, -0.2) is 4.79 Å². The summed E-state index contributed by atoms with van der Waals surface area (Å²) in [5.41, 5.74) is 2.04. The number of fused-ring (bicyclic) bond motifs is 1. The van der Waals surface area contributed by atoms with Gasteiger partial charge in [-0.3, -0.25) is 8.51 Å². The summed E-state index contributed by atoms with van der Waals surface area (Å²) in [6.45, 7) is 0. The molecule has 1 aromatic heterocycles. The molecule has 14 heteroatoms. The molecule has 0 radical (unpaired) electrons. The van der Waals surface area contributed by atoms with Gasteiger partial charge in [0.1, 0.15) is 10.6 Å². The number of alkyl halides is 3. The van der Waals surface area contributed by atoms with Gasteiger partial charge in [0.15, 0.2) is 11.3 Å². The maximum Gasteiger partial charge on any atom is 0.416 e. The Morgan fingerprint density at radius 1 is 1.00 bits per heavy atom. The second kappa shape index (κ2) is 9.29. The third-order valence-corrected chi connectivity index (χ3v) is 6.80. The maximum atomic E-state index is 13.1. The highest BCUT2D eigenvalue weighted by Crippen LogP contribution is 2.35. The highest BCUT2D eigenvalue weighted by Gasteiger charge is 2.31. The smallest absolute Gasteiger partial charge is 0.416 e. The Balaban J connectivity index is 1.80. The van der Waals surface area contributed by atoms with Gasteiger partial charge in [0.25, 0.3) is 0 Å². The molecule has 0 bridgehead atoms. The standard InChI is InChI=1S/C22H15F3N2O7S2/c23-22(24,25)14-4-2-5-16(12-14)27(35(29)30)18-11-13-3-1-6-19(20(13)33-21(18)28)34-36(31,32)17-9-7-15(26)8-10-17/h1-12H,26H2,(H,29,30)/p-1. The molecule has 2 N–H and O–H groups in total. The molecular formula is C22H14F3N2O7S2-. The molecule has 0 amide bonds. The van der Waals surface area contributed by atoms with E-state index >= 15 is 0 Å². The number of rotatable bonds is 6. The second-order valence-electron chi connectivity index (χ2n) is 7.26. The summed E-state index contributed by atoms with van der Waals surface area (Å²) < 4.78 is 99.1. The van der Waals surface area contributed by atoms with Gasteiger partial charge in [-0.1, -0.05) is 18.2 Å². The van der Waals surface area contributed by atoms with E-state index in [0.29, 0.717) is 16.1 Å². The molecule has 4 rings (SSSR count). The average molecular weight is 539 g/mol. The first kappa shape index (κ1) is 25.2. The lowest BCUT2D eigenvalue weighted by Gasteiger charge is -2.26. The molecule has 0 aliphatic rings. The summed E-state index contributed by atoms with van der Waals surface area (Å²) in [6, 6.07) is 13.4. The van der Waals surface area contributed by atoms with Crippen molar-refractivity contribution in [2.45, 2.75) is 11.1 Å². The molecule has 0 fully saturated rings.